The van der Waals surface area contributed by atoms with Crippen LogP contribution in [0.5, 0.6) is 0 Å². The highest BCUT2D eigenvalue weighted by atomic mass is 16.5. The van der Waals surface area contributed by atoms with Crippen molar-refractivity contribution in [2.45, 2.75) is 31.3 Å². The summed E-state index contributed by atoms with van der Waals surface area (Å²) in [5, 5.41) is 0. The third-order valence-corrected chi connectivity index (χ3v) is 4.37. The summed E-state index contributed by atoms with van der Waals surface area (Å²) in [6.45, 7) is 1.11. The first kappa shape index (κ1) is 11.7. The van der Waals surface area contributed by atoms with Crippen molar-refractivity contribution in [3.63, 3.8) is 0 Å². The SMILES string of the molecule is COC(=O)[C@@H]1C[C@@H](c2ccccc2)N2CCC[C@H]12. The Bertz CT molecular complexity index is 431. The minimum absolute atomic E-state index is 0.0367. The summed E-state index contributed by atoms with van der Waals surface area (Å²) in [5.41, 5.74) is 1.33. The number of fused-ring (bicyclic) bond motifs is 1. The zero-order valence-electron chi connectivity index (χ0n) is 10.7. The molecule has 3 atom stereocenters. The van der Waals surface area contributed by atoms with Crippen molar-refractivity contribution in [1.29, 1.82) is 0 Å². The standard InChI is InChI=1S/C15H19NO2/c1-18-15(17)12-10-14(11-6-3-2-4-7-11)16-9-5-8-13(12)16/h2-4,6-7,12-14H,5,8-10H2,1H3/t12-,13-,14+/m1/s1. The van der Waals surface area contributed by atoms with E-state index in [0.717, 1.165) is 19.4 Å². The maximum Gasteiger partial charge on any atom is 0.310 e. The molecular weight excluding hydrogens is 226 g/mol. The number of hydrogen-bond donors (Lipinski definition) is 0. The second-order valence-corrected chi connectivity index (χ2v) is 5.24. The molecule has 2 aliphatic rings. The molecule has 0 aromatic heterocycles. The lowest BCUT2D eigenvalue weighted by atomic mass is 9.94. The van der Waals surface area contributed by atoms with Gasteiger partial charge in [0.05, 0.1) is 13.0 Å². The smallest absolute Gasteiger partial charge is 0.310 e. The first-order valence-corrected chi connectivity index (χ1v) is 6.70. The second-order valence-electron chi connectivity index (χ2n) is 5.24. The molecule has 0 aliphatic carbocycles. The van der Waals surface area contributed by atoms with E-state index in [1.54, 1.807) is 0 Å². The van der Waals surface area contributed by atoms with Crippen LogP contribution in [0.1, 0.15) is 30.9 Å². The molecule has 0 bridgehead atoms. The Morgan fingerprint density at radius 1 is 1.33 bits per heavy atom. The lowest BCUT2D eigenvalue weighted by molar-refractivity contribution is -0.146. The molecule has 0 unspecified atom stereocenters. The van der Waals surface area contributed by atoms with Crippen molar-refractivity contribution < 1.29 is 9.53 Å². The minimum Gasteiger partial charge on any atom is -0.469 e. The van der Waals surface area contributed by atoms with Crippen LogP contribution in [0.15, 0.2) is 30.3 Å². The van der Waals surface area contributed by atoms with Gasteiger partial charge in [0.15, 0.2) is 0 Å². The van der Waals surface area contributed by atoms with Crippen LogP contribution in [0.2, 0.25) is 0 Å². The minimum atomic E-state index is -0.0367. The highest BCUT2D eigenvalue weighted by Crippen LogP contribution is 2.45. The summed E-state index contributed by atoms with van der Waals surface area (Å²) in [6, 6.07) is 11.3. The normalized spacial score (nSPS) is 31.3. The highest BCUT2D eigenvalue weighted by Gasteiger charge is 2.47. The van der Waals surface area contributed by atoms with Gasteiger partial charge in [0, 0.05) is 12.1 Å². The molecule has 2 fully saturated rings. The van der Waals surface area contributed by atoms with Gasteiger partial charge in [0.1, 0.15) is 0 Å². The van der Waals surface area contributed by atoms with Crippen LogP contribution in [-0.2, 0) is 9.53 Å². The van der Waals surface area contributed by atoms with Gasteiger partial charge in [-0.1, -0.05) is 30.3 Å². The molecule has 18 heavy (non-hydrogen) atoms. The van der Waals surface area contributed by atoms with E-state index in [-0.39, 0.29) is 11.9 Å². The molecule has 3 heteroatoms. The number of esters is 1. The third kappa shape index (κ3) is 1.83. The molecule has 2 aliphatic heterocycles. The van der Waals surface area contributed by atoms with Crippen LogP contribution in [0.3, 0.4) is 0 Å². The van der Waals surface area contributed by atoms with Gasteiger partial charge in [0.2, 0.25) is 0 Å². The van der Waals surface area contributed by atoms with E-state index in [2.05, 4.69) is 29.2 Å². The molecule has 0 saturated carbocycles. The number of carbonyl (C=O) groups is 1. The van der Waals surface area contributed by atoms with Crippen molar-refractivity contribution >= 4 is 5.97 Å². The molecule has 0 radical (unpaired) electrons. The van der Waals surface area contributed by atoms with E-state index >= 15 is 0 Å². The van der Waals surface area contributed by atoms with Gasteiger partial charge in [-0.3, -0.25) is 9.69 Å². The van der Waals surface area contributed by atoms with Gasteiger partial charge >= 0.3 is 5.97 Å². The Balaban J connectivity index is 1.87. The van der Waals surface area contributed by atoms with Crippen molar-refractivity contribution in [2.75, 3.05) is 13.7 Å². The van der Waals surface area contributed by atoms with Crippen LogP contribution in [0.25, 0.3) is 0 Å². The Hall–Kier alpha value is -1.35. The molecule has 3 nitrogen and oxygen atoms in total. The topological polar surface area (TPSA) is 29.5 Å². The highest BCUT2D eigenvalue weighted by molar-refractivity contribution is 5.74. The maximum absolute atomic E-state index is 11.9. The molecule has 0 spiro atoms. The summed E-state index contributed by atoms with van der Waals surface area (Å²) in [7, 11) is 1.50. The fourth-order valence-corrected chi connectivity index (χ4v) is 3.57. The number of carbonyl (C=O) groups excluding carboxylic acids is 1. The van der Waals surface area contributed by atoms with Crippen LogP contribution in [0.4, 0.5) is 0 Å². The van der Waals surface area contributed by atoms with Crippen LogP contribution < -0.4 is 0 Å². The first-order chi connectivity index (χ1) is 8.81. The number of methoxy groups -OCH3 is 1. The lowest BCUT2D eigenvalue weighted by Gasteiger charge is -2.24. The van der Waals surface area contributed by atoms with Gasteiger partial charge < -0.3 is 4.74 Å². The second kappa shape index (κ2) is 4.73. The van der Waals surface area contributed by atoms with Crippen molar-refractivity contribution in [1.82, 2.24) is 4.90 Å². The molecule has 2 heterocycles. The zero-order valence-corrected chi connectivity index (χ0v) is 10.7. The summed E-state index contributed by atoms with van der Waals surface area (Å²) < 4.78 is 4.96. The van der Waals surface area contributed by atoms with Gasteiger partial charge in [-0.25, -0.2) is 0 Å². The Labute approximate surface area is 108 Å². The van der Waals surface area contributed by atoms with E-state index in [0.29, 0.717) is 12.1 Å². The molecule has 2 saturated heterocycles. The zero-order chi connectivity index (χ0) is 12.5. The van der Waals surface area contributed by atoms with E-state index < -0.39 is 0 Å². The van der Waals surface area contributed by atoms with E-state index in [1.807, 2.05) is 6.07 Å². The number of benzene rings is 1. The van der Waals surface area contributed by atoms with E-state index in [9.17, 15) is 4.79 Å². The van der Waals surface area contributed by atoms with Crippen molar-refractivity contribution in [2.24, 2.45) is 5.92 Å². The van der Waals surface area contributed by atoms with Crippen molar-refractivity contribution in [3.05, 3.63) is 35.9 Å². The predicted octanol–water partition coefficient (Wildman–Crippen LogP) is 2.39. The summed E-state index contributed by atoms with van der Waals surface area (Å²) >= 11 is 0. The predicted molar refractivity (Wildman–Crippen MR) is 69.0 cm³/mol. The number of ether oxygens (including phenoxy) is 1. The van der Waals surface area contributed by atoms with Gasteiger partial charge in [-0.15, -0.1) is 0 Å². The average molecular weight is 245 g/mol. The fraction of sp³-hybridized carbons (Fsp3) is 0.533. The fourth-order valence-electron chi connectivity index (χ4n) is 3.57. The third-order valence-electron chi connectivity index (χ3n) is 4.37. The Kier molecular flexibility index (Phi) is 3.08. The summed E-state index contributed by atoms with van der Waals surface area (Å²) in [6.07, 6.45) is 3.23. The molecular formula is C15H19NO2. The quantitative estimate of drug-likeness (QED) is 0.749. The lowest BCUT2D eigenvalue weighted by Crippen LogP contribution is -2.31. The monoisotopic (exact) mass is 245 g/mol. The van der Waals surface area contributed by atoms with E-state index in [1.165, 1.54) is 19.1 Å². The maximum atomic E-state index is 11.9. The van der Waals surface area contributed by atoms with Gasteiger partial charge in [-0.05, 0) is 31.4 Å². The van der Waals surface area contributed by atoms with Crippen LogP contribution >= 0.6 is 0 Å². The first-order valence-electron chi connectivity index (χ1n) is 6.70. The number of hydrogen-bond acceptors (Lipinski definition) is 3. The molecule has 1 aromatic rings. The Morgan fingerprint density at radius 2 is 2.11 bits per heavy atom. The summed E-state index contributed by atoms with van der Waals surface area (Å²) in [4.78, 5) is 14.4. The molecule has 0 N–H and O–H groups in total. The van der Waals surface area contributed by atoms with Gasteiger partial charge in [-0.2, -0.15) is 0 Å². The average Bonchev–Trinajstić information content (AvgIpc) is 3.00. The molecule has 1 aromatic carbocycles. The van der Waals surface area contributed by atoms with E-state index in [4.69, 9.17) is 4.74 Å². The molecule has 0 amide bonds. The van der Waals surface area contributed by atoms with Crippen LogP contribution in [-0.4, -0.2) is 30.6 Å². The largest absolute Gasteiger partial charge is 0.469 e. The number of rotatable bonds is 2. The summed E-state index contributed by atoms with van der Waals surface area (Å²) in [5.74, 6) is 0.0213. The number of nitrogens with zero attached hydrogens (tertiary/aromatic N) is 1. The Morgan fingerprint density at radius 3 is 2.83 bits per heavy atom. The van der Waals surface area contributed by atoms with Gasteiger partial charge in [0.25, 0.3) is 0 Å². The molecule has 3 rings (SSSR count). The van der Waals surface area contributed by atoms with Crippen molar-refractivity contribution in [3.8, 4) is 0 Å². The van der Waals surface area contributed by atoms with Crippen LogP contribution in [0, 0.1) is 5.92 Å². The molecule has 96 valence electrons.